The van der Waals surface area contributed by atoms with Crippen LogP contribution in [0.25, 0.3) is 0 Å². The van der Waals surface area contributed by atoms with E-state index < -0.39 is 0 Å². The summed E-state index contributed by atoms with van der Waals surface area (Å²) in [5.41, 5.74) is 1.06. The van der Waals surface area contributed by atoms with Crippen molar-refractivity contribution in [1.29, 1.82) is 0 Å². The molecule has 1 aliphatic rings. The summed E-state index contributed by atoms with van der Waals surface area (Å²) in [5, 5.41) is 3.47. The summed E-state index contributed by atoms with van der Waals surface area (Å²) in [5.74, 6) is 0.998. The van der Waals surface area contributed by atoms with Gasteiger partial charge in [0.1, 0.15) is 0 Å². The minimum Gasteiger partial charge on any atom is -0.493 e. The maximum absolute atomic E-state index is 13.2. The number of hydrogen-bond acceptors (Lipinski definition) is 5. The molecule has 31 heavy (non-hydrogen) atoms. The Morgan fingerprint density at radius 2 is 1.48 bits per heavy atom. The fourth-order valence-electron chi connectivity index (χ4n) is 3.50. The Hall–Kier alpha value is -3.13. The standard InChI is InChI=1S/C22H26ClN3O5/c1-29-18-10-9-17(19(30-2)20(18)31-3)21(27)25-11-4-12-26(14-13-25)22(28)24-16-7-5-15(23)6-8-16/h5-10H,4,11-14H2,1-3H3,(H,24,28). The number of carbonyl (C=O) groups is 2. The summed E-state index contributed by atoms with van der Waals surface area (Å²) in [4.78, 5) is 29.3. The molecule has 1 heterocycles. The van der Waals surface area contributed by atoms with Crippen molar-refractivity contribution in [2.45, 2.75) is 6.42 Å². The lowest BCUT2D eigenvalue weighted by molar-refractivity contribution is 0.0758. The summed E-state index contributed by atoms with van der Waals surface area (Å²) in [6.45, 7) is 1.90. The molecule has 0 atom stereocenters. The molecular formula is C22H26ClN3O5. The maximum Gasteiger partial charge on any atom is 0.321 e. The van der Waals surface area contributed by atoms with Gasteiger partial charge in [-0.25, -0.2) is 4.79 Å². The number of amides is 3. The van der Waals surface area contributed by atoms with E-state index in [1.165, 1.54) is 21.3 Å². The van der Waals surface area contributed by atoms with Gasteiger partial charge < -0.3 is 29.3 Å². The second-order valence-corrected chi connectivity index (χ2v) is 7.39. The van der Waals surface area contributed by atoms with E-state index in [4.69, 9.17) is 25.8 Å². The van der Waals surface area contributed by atoms with Crippen molar-refractivity contribution < 1.29 is 23.8 Å². The lowest BCUT2D eigenvalue weighted by atomic mass is 10.1. The van der Waals surface area contributed by atoms with E-state index in [1.54, 1.807) is 46.2 Å². The van der Waals surface area contributed by atoms with Crippen LogP contribution in [0, 0.1) is 0 Å². The first-order valence-corrected chi connectivity index (χ1v) is 10.3. The monoisotopic (exact) mass is 447 g/mol. The van der Waals surface area contributed by atoms with Gasteiger partial charge in [0.05, 0.1) is 26.9 Å². The normalized spacial score (nSPS) is 13.9. The summed E-state index contributed by atoms with van der Waals surface area (Å²) < 4.78 is 16.1. The van der Waals surface area contributed by atoms with Gasteiger partial charge >= 0.3 is 6.03 Å². The van der Waals surface area contributed by atoms with Gasteiger partial charge in [-0.05, 0) is 42.8 Å². The van der Waals surface area contributed by atoms with Crippen LogP contribution in [0.3, 0.4) is 0 Å². The van der Waals surface area contributed by atoms with Gasteiger partial charge in [0.15, 0.2) is 11.5 Å². The zero-order chi connectivity index (χ0) is 22.4. The second-order valence-electron chi connectivity index (χ2n) is 6.95. The second kappa shape index (κ2) is 10.3. The van der Waals surface area contributed by atoms with E-state index in [9.17, 15) is 9.59 Å². The maximum atomic E-state index is 13.2. The number of urea groups is 1. The smallest absolute Gasteiger partial charge is 0.321 e. The van der Waals surface area contributed by atoms with Gasteiger partial charge in [0, 0.05) is 36.9 Å². The van der Waals surface area contributed by atoms with Gasteiger partial charge in [-0.3, -0.25) is 4.79 Å². The Kier molecular flexibility index (Phi) is 7.46. The van der Waals surface area contributed by atoms with Crippen molar-refractivity contribution in [1.82, 2.24) is 9.80 Å². The summed E-state index contributed by atoms with van der Waals surface area (Å²) in [6, 6.07) is 10.1. The molecule has 0 aliphatic carbocycles. The highest BCUT2D eigenvalue weighted by Gasteiger charge is 2.27. The Morgan fingerprint density at radius 1 is 0.839 bits per heavy atom. The number of nitrogens with zero attached hydrogens (tertiary/aromatic N) is 2. The molecule has 166 valence electrons. The van der Waals surface area contributed by atoms with Crippen molar-refractivity contribution in [2.75, 3.05) is 52.8 Å². The number of halogens is 1. The quantitative estimate of drug-likeness (QED) is 0.755. The van der Waals surface area contributed by atoms with Gasteiger partial charge in [-0.2, -0.15) is 0 Å². The van der Waals surface area contributed by atoms with Crippen LogP contribution in [-0.4, -0.2) is 69.2 Å². The van der Waals surface area contributed by atoms with Crippen LogP contribution in [0.2, 0.25) is 5.02 Å². The van der Waals surface area contributed by atoms with Crippen molar-refractivity contribution in [3.63, 3.8) is 0 Å². The van der Waals surface area contributed by atoms with Crippen molar-refractivity contribution in [3.05, 3.63) is 47.0 Å². The molecule has 0 unspecified atom stereocenters. The Bertz CT molecular complexity index is 935. The predicted molar refractivity (Wildman–Crippen MR) is 119 cm³/mol. The highest BCUT2D eigenvalue weighted by Crippen LogP contribution is 2.40. The third kappa shape index (κ3) is 5.14. The largest absolute Gasteiger partial charge is 0.493 e. The number of rotatable bonds is 5. The third-order valence-electron chi connectivity index (χ3n) is 5.10. The van der Waals surface area contributed by atoms with E-state index in [1.807, 2.05) is 0 Å². The van der Waals surface area contributed by atoms with E-state index in [0.717, 1.165) is 0 Å². The number of anilines is 1. The molecule has 1 fully saturated rings. The summed E-state index contributed by atoms with van der Waals surface area (Å²) in [6.07, 6.45) is 0.662. The van der Waals surface area contributed by atoms with Crippen LogP contribution >= 0.6 is 11.6 Å². The van der Waals surface area contributed by atoms with Crippen molar-refractivity contribution in [2.24, 2.45) is 0 Å². The first-order chi connectivity index (χ1) is 15.0. The highest BCUT2D eigenvalue weighted by molar-refractivity contribution is 6.30. The molecule has 9 heteroatoms. The number of carbonyl (C=O) groups excluding carboxylic acids is 2. The molecule has 0 aromatic heterocycles. The SMILES string of the molecule is COc1ccc(C(=O)N2CCCN(C(=O)Nc3ccc(Cl)cc3)CC2)c(OC)c1OC. The number of benzene rings is 2. The molecule has 1 N–H and O–H groups in total. The zero-order valence-electron chi connectivity index (χ0n) is 17.8. The van der Waals surface area contributed by atoms with E-state index in [0.29, 0.717) is 66.1 Å². The minimum atomic E-state index is -0.208. The number of nitrogens with one attached hydrogen (secondary N) is 1. The van der Waals surface area contributed by atoms with Crippen LogP contribution in [0.5, 0.6) is 17.2 Å². The highest BCUT2D eigenvalue weighted by atomic mass is 35.5. The van der Waals surface area contributed by atoms with Crippen molar-refractivity contribution in [3.8, 4) is 17.2 Å². The van der Waals surface area contributed by atoms with E-state index in [2.05, 4.69) is 5.32 Å². The van der Waals surface area contributed by atoms with Crippen LogP contribution in [0.15, 0.2) is 36.4 Å². The van der Waals surface area contributed by atoms with Gasteiger partial charge in [-0.15, -0.1) is 0 Å². The Labute approximate surface area is 186 Å². The summed E-state index contributed by atoms with van der Waals surface area (Å²) >= 11 is 5.89. The average Bonchev–Trinajstić information content (AvgIpc) is 3.05. The summed E-state index contributed by atoms with van der Waals surface area (Å²) in [7, 11) is 4.51. The Morgan fingerprint density at radius 3 is 2.13 bits per heavy atom. The van der Waals surface area contributed by atoms with Gasteiger partial charge in [0.2, 0.25) is 5.75 Å². The van der Waals surface area contributed by atoms with E-state index >= 15 is 0 Å². The van der Waals surface area contributed by atoms with E-state index in [-0.39, 0.29) is 11.9 Å². The fourth-order valence-corrected chi connectivity index (χ4v) is 3.63. The molecule has 2 aromatic carbocycles. The minimum absolute atomic E-state index is 0.183. The number of ether oxygens (including phenoxy) is 3. The molecule has 0 spiro atoms. The molecule has 2 aromatic rings. The lowest BCUT2D eigenvalue weighted by Gasteiger charge is -2.24. The lowest BCUT2D eigenvalue weighted by Crippen LogP contribution is -2.39. The van der Waals surface area contributed by atoms with Crippen LogP contribution < -0.4 is 19.5 Å². The molecule has 3 amide bonds. The Balaban J connectivity index is 1.70. The first-order valence-electron chi connectivity index (χ1n) is 9.88. The van der Waals surface area contributed by atoms with Crippen molar-refractivity contribution >= 4 is 29.2 Å². The van der Waals surface area contributed by atoms with Gasteiger partial charge in [-0.1, -0.05) is 11.6 Å². The van der Waals surface area contributed by atoms with Crippen LogP contribution in [-0.2, 0) is 0 Å². The average molecular weight is 448 g/mol. The van der Waals surface area contributed by atoms with Crippen LogP contribution in [0.4, 0.5) is 10.5 Å². The fraction of sp³-hybridized carbons (Fsp3) is 0.364. The molecule has 0 saturated carbocycles. The molecule has 1 aliphatic heterocycles. The molecular weight excluding hydrogens is 422 g/mol. The predicted octanol–water partition coefficient (Wildman–Crippen LogP) is 3.75. The first kappa shape index (κ1) is 22.6. The van der Waals surface area contributed by atoms with Gasteiger partial charge in [0.25, 0.3) is 5.91 Å². The number of methoxy groups -OCH3 is 3. The number of hydrogen-bond donors (Lipinski definition) is 1. The molecule has 0 radical (unpaired) electrons. The topological polar surface area (TPSA) is 80.3 Å². The molecule has 8 nitrogen and oxygen atoms in total. The van der Waals surface area contributed by atoms with Crippen LogP contribution in [0.1, 0.15) is 16.8 Å². The zero-order valence-corrected chi connectivity index (χ0v) is 18.6. The third-order valence-corrected chi connectivity index (χ3v) is 5.35. The molecule has 3 rings (SSSR count). The molecule has 1 saturated heterocycles. The molecule has 0 bridgehead atoms.